The maximum absolute atomic E-state index is 13.7. The Morgan fingerprint density at radius 2 is 1.95 bits per heavy atom. The molecule has 21 heavy (non-hydrogen) atoms. The van der Waals surface area contributed by atoms with Crippen LogP contribution >= 0.6 is 27.5 Å². The molecule has 0 aliphatic heterocycles. The molecule has 0 radical (unpaired) electrons. The SMILES string of the molecule is CCCOc1cc(Oc2cc(Br)ccc2Cl)c(N)cc1F. The fourth-order valence-corrected chi connectivity index (χ4v) is 2.13. The molecule has 0 spiro atoms. The van der Waals surface area contributed by atoms with Crippen LogP contribution in [-0.2, 0) is 0 Å². The van der Waals surface area contributed by atoms with Gasteiger partial charge in [-0.15, -0.1) is 0 Å². The molecule has 0 fully saturated rings. The highest BCUT2D eigenvalue weighted by Crippen LogP contribution is 2.37. The van der Waals surface area contributed by atoms with E-state index in [1.165, 1.54) is 12.1 Å². The predicted octanol–water partition coefficient (Wildman–Crippen LogP) is 5.40. The first kappa shape index (κ1) is 15.9. The van der Waals surface area contributed by atoms with Gasteiger partial charge in [-0.3, -0.25) is 0 Å². The Labute approximate surface area is 135 Å². The molecule has 6 heteroatoms. The van der Waals surface area contributed by atoms with Crippen LogP contribution < -0.4 is 15.2 Å². The molecule has 0 amide bonds. The molecule has 0 aliphatic rings. The van der Waals surface area contributed by atoms with Gasteiger partial charge in [0.25, 0.3) is 0 Å². The number of nitrogens with two attached hydrogens (primary N) is 1. The minimum atomic E-state index is -0.520. The second kappa shape index (κ2) is 7.00. The van der Waals surface area contributed by atoms with E-state index in [1.54, 1.807) is 18.2 Å². The Kier molecular flexibility index (Phi) is 5.31. The molecule has 0 unspecified atom stereocenters. The van der Waals surface area contributed by atoms with E-state index >= 15 is 0 Å². The second-order valence-corrected chi connectivity index (χ2v) is 5.67. The van der Waals surface area contributed by atoms with Gasteiger partial charge < -0.3 is 15.2 Å². The van der Waals surface area contributed by atoms with Gasteiger partial charge in [-0.25, -0.2) is 4.39 Å². The zero-order chi connectivity index (χ0) is 15.4. The minimum absolute atomic E-state index is 0.104. The molecular weight excluding hydrogens is 361 g/mol. The van der Waals surface area contributed by atoms with Gasteiger partial charge in [0, 0.05) is 16.6 Å². The third-order valence-corrected chi connectivity index (χ3v) is 3.44. The van der Waals surface area contributed by atoms with Gasteiger partial charge in [-0.1, -0.05) is 34.5 Å². The van der Waals surface area contributed by atoms with Crippen LogP contribution in [-0.4, -0.2) is 6.61 Å². The third kappa shape index (κ3) is 4.02. The van der Waals surface area contributed by atoms with Gasteiger partial charge in [0.2, 0.25) is 0 Å². The average molecular weight is 375 g/mol. The molecule has 0 saturated heterocycles. The monoisotopic (exact) mass is 373 g/mol. The van der Waals surface area contributed by atoms with Crippen LogP contribution in [0.25, 0.3) is 0 Å². The Morgan fingerprint density at radius 1 is 1.19 bits per heavy atom. The molecule has 112 valence electrons. The lowest BCUT2D eigenvalue weighted by molar-refractivity contribution is 0.300. The number of nitrogen functional groups attached to an aromatic ring is 1. The Balaban J connectivity index is 2.32. The number of ether oxygens (including phenoxy) is 2. The summed E-state index contributed by atoms with van der Waals surface area (Å²) in [6, 6.07) is 7.79. The zero-order valence-corrected chi connectivity index (χ0v) is 13.7. The van der Waals surface area contributed by atoms with Crippen LogP contribution in [0.15, 0.2) is 34.8 Å². The Morgan fingerprint density at radius 3 is 2.67 bits per heavy atom. The highest BCUT2D eigenvalue weighted by Gasteiger charge is 2.12. The van der Waals surface area contributed by atoms with Gasteiger partial charge in [-0.05, 0) is 24.6 Å². The largest absolute Gasteiger partial charge is 0.490 e. The van der Waals surface area contributed by atoms with Crippen molar-refractivity contribution in [2.24, 2.45) is 0 Å². The zero-order valence-electron chi connectivity index (χ0n) is 11.3. The molecule has 2 N–H and O–H groups in total. The lowest BCUT2D eigenvalue weighted by Gasteiger charge is -2.13. The molecule has 0 heterocycles. The summed E-state index contributed by atoms with van der Waals surface area (Å²) in [5.41, 5.74) is 5.95. The lowest BCUT2D eigenvalue weighted by Crippen LogP contribution is -2.00. The molecular formula is C15H14BrClFNO2. The number of anilines is 1. The predicted molar refractivity (Wildman–Crippen MR) is 85.8 cm³/mol. The van der Waals surface area contributed by atoms with Gasteiger partial charge >= 0.3 is 0 Å². The van der Waals surface area contributed by atoms with Crippen molar-refractivity contribution in [3.8, 4) is 17.2 Å². The highest BCUT2D eigenvalue weighted by molar-refractivity contribution is 9.10. The van der Waals surface area contributed by atoms with Gasteiger partial charge in [-0.2, -0.15) is 0 Å². The van der Waals surface area contributed by atoms with E-state index in [4.69, 9.17) is 26.8 Å². The molecule has 0 atom stereocenters. The highest BCUT2D eigenvalue weighted by atomic mass is 79.9. The van der Waals surface area contributed by atoms with Crippen molar-refractivity contribution in [3.63, 3.8) is 0 Å². The van der Waals surface area contributed by atoms with Crippen LogP contribution in [0.1, 0.15) is 13.3 Å². The second-order valence-electron chi connectivity index (χ2n) is 4.35. The van der Waals surface area contributed by atoms with Crippen molar-refractivity contribution in [3.05, 3.63) is 45.6 Å². The van der Waals surface area contributed by atoms with Crippen molar-refractivity contribution >= 4 is 33.2 Å². The smallest absolute Gasteiger partial charge is 0.167 e. The van der Waals surface area contributed by atoms with Crippen LogP contribution in [0, 0.1) is 5.82 Å². The number of hydrogen-bond acceptors (Lipinski definition) is 3. The number of halogens is 3. The summed E-state index contributed by atoms with van der Waals surface area (Å²) >= 11 is 9.40. The van der Waals surface area contributed by atoms with E-state index in [0.29, 0.717) is 23.1 Å². The van der Waals surface area contributed by atoms with Crippen molar-refractivity contribution < 1.29 is 13.9 Å². The molecule has 2 aromatic carbocycles. The molecule has 0 aliphatic carbocycles. The normalized spacial score (nSPS) is 10.5. The summed E-state index contributed by atoms with van der Waals surface area (Å²) in [7, 11) is 0. The van der Waals surface area contributed by atoms with Gasteiger partial charge in [0.1, 0.15) is 5.75 Å². The first-order chi connectivity index (χ1) is 10.0. The third-order valence-electron chi connectivity index (χ3n) is 2.64. The fraction of sp³-hybridized carbons (Fsp3) is 0.200. The molecule has 0 bridgehead atoms. The summed E-state index contributed by atoms with van der Waals surface area (Å²) in [6.45, 7) is 2.35. The summed E-state index contributed by atoms with van der Waals surface area (Å²) in [4.78, 5) is 0. The maximum atomic E-state index is 13.7. The first-order valence-electron chi connectivity index (χ1n) is 6.36. The number of hydrogen-bond donors (Lipinski definition) is 1. The summed E-state index contributed by atoms with van der Waals surface area (Å²) in [5.74, 6) is 0.300. The lowest BCUT2D eigenvalue weighted by atomic mass is 10.2. The quantitative estimate of drug-likeness (QED) is 0.712. The first-order valence-corrected chi connectivity index (χ1v) is 7.53. The van der Waals surface area contributed by atoms with Crippen LogP contribution in [0.4, 0.5) is 10.1 Å². The van der Waals surface area contributed by atoms with Crippen molar-refractivity contribution in [2.45, 2.75) is 13.3 Å². The van der Waals surface area contributed by atoms with E-state index in [2.05, 4.69) is 15.9 Å². The van der Waals surface area contributed by atoms with Gasteiger partial charge in [0.15, 0.2) is 17.3 Å². The van der Waals surface area contributed by atoms with Crippen molar-refractivity contribution in [1.29, 1.82) is 0 Å². The topological polar surface area (TPSA) is 44.5 Å². The summed E-state index contributed by atoms with van der Waals surface area (Å²) in [5, 5.41) is 0.429. The average Bonchev–Trinajstić information content (AvgIpc) is 2.44. The fourth-order valence-electron chi connectivity index (χ4n) is 1.64. The van der Waals surface area contributed by atoms with E-state index in [-0.39, 0.29) is 11.4 Å². The summed E-state index contributed by atoms with van der Waals surface area (Å²) < 4.78 is 25.5. The molecule has 3 nitrogen and oxygen atoms in total. The molecule has 0 saturated carbocycles. The van der Waals surface area contributed by atoms with Crippen LogP contribution in [0.2, 0.25) is 5.02 Å². The Hall–Kier alpha value is -1.46. The molecule has 0 aromatic heterocycles. The number of benzene rings is 2. The maximum Gasteiger partial charge on any atom is 0.167 e. The van der Waals surface area contributed by atoms with Crippen molar-refractivity contribution in [1.82, 2.24) is 0 Å². The molecule has 2 aromatic rings. The van der Waals surface area contributed by atoms with Crippen molar-refractivity contribution in [2.75, 3.05) is 12.3 Å². The van der Waals surface area contributed by atoms with E-state index in [1.807, 2.05) is 6.92 Å². The van der Waals surface area contributed by atoms with E-state index < -0.39 is 5.82 Å². The Bertz CT molecular complexity index is 652. The standard InChI is InChI=1S/C15H14BrClFNO2/c1-2-5-20-14-8-15(12(19)7-11(14)18)21-13-6-9(16)3-4-10(13)17/h3-4,6-8H,2,5,19H2,1H3. The number of rotatable bonds is 5. The summed E-state index contributed by atoms with van der Waals surface area (Å²) in [6.07, 6.45) is 0.775. The van der Waals surface area contributed by atoms with E-state index in [0.717, 1.165) is 10.9 Å². The van der Waals surface area contributed by atoms with Gasteiger partial charge in [0.05, 0.1) is 17.3 Å². The molecule has 2 rings (SSSR count). The van der Waals surface area contributed by atoms with Crippen LogP contribution in [0.3, 0.4) is 0 Å². The van der Waals surface area contributed by atoms with Crippen LogP contribution in [0.5, 0.6) is 17.2 Å². The van der Waals surface area contributed by atoms with E-state index in [9.17, 15) is 4.39 Å². The minimum Gasteiger partial charge on any atom is -0.490 e.